The van der Waals surface area contributed by atoms with Crippen LogP contribution in [-0.2, 0) is 0 Å². The third-order valence-electron chi connectivity index (χ3n) is 1.63. The van der Waals surface area contributed by atoms with Gasteiger partial charge in [0.15, 0.2) is 5.82 Å². The van der Waals surface area contributed by atoms with Crippen LogP contribution in [0.15, 0.2) is 6.20 Å². The molecule has 0 atom stereocenters. The van der Waals surface area contributed by atoms with Crippen molar-refractivity contribution in [1.82, 2.24) is 24.8 Å². The molecule has 0 aliphatic rings. The Labute approximate surface area is 79.4 Å². The maximum absolute atomic E-state index is 4.32. The first kappa shape index (κ1) is 8.31. The topological polar surface area (TPSA) is 67.3 Å². The van der Waals surface area contributed by atoms with E-state index in [2.05, 4.69) is 38.6 Å². The molecule has 13 heavy (non-hydrogen) atoms. The van der Waals surface area contributed by atoms with E-state index in [1.165, 1.54) is 11.5 Å². The summed E-state index contributed by atoms with van der Waals surface area (Å²) in [6, 6.07) is 0. The van der Waals surface area contributed by atoms with Crippen LogP contribution in [0.25, 0.3) is 10.7 Å². The first-order chi connectivity index (χ1) is 6.27. The molecule has 0 radical (unpaired) electrons. The van der Waals surface area contributed by atoms with Gasteiger partial charge in [-0.1, -0.05) is 18.3 Å². The monoisotopic (exact) mass is 195 g/mol. The first-order valence-electron chi connectivity index (χ1n) is 3.97. The van der Waals surface area contributed by atoms with Crippen molar-refractivity contribution in [3.05, 3.63) is 12.0 Å². The van der Waals surface area contributed by atoms with Crippen molar-refractivity contribution in [3.63, 3.8) is 0 Å². The van der Waals surface area contributed by atoms with Crippen molar-refractivity contribution in [2.24, 2.45) is 0 Å². The van der Waals surface area contributed by atoms with Crippen LogP contribution in [0, 0.1) is 0 Å². The van der Waals surface area contributed by atoms with Gasteiger partial charge >= 0.3 is 0 Å². The third kappa shape index (κ3) is 1.57. The predicted octanol–water partition coefficient (Wildman–Crippen LogP) is 1.45. The molecule has 0 bridgehead atoms. The molecular weight excluding hydrogens is 186 g/mol. The van der Waals surface area contributed by atoms with Gasteiger partial charge in [0.1, 0.15) is 10.7 Å². The maximum atomic E-state index is 4.32. The summed E-state index contributed by atoms with van der Waals surface area (Å²) in [5.41, 5.74) is 0. The lowest BCUT2D eigenvalue weighted by molar-refractivity contribution is 0.781. The van der Waals surface area contributed by atoms with Crippen LogP contribution in [0.1, 0.15) is 25.6 Å². The van der Waals surface area contributed by atoms with Crippen molar-refractivity contribution in [3.8, 4) is 10.7 Å². The molecule has 5 nitrogen and oxygen atoms in total. The fourth-order valence-corrected chi connectivity index (χ4v) is 1.36. The lowest BCUT2D eigenvalue weighted by Crippen LogP contribution is -1.89. The summed E-state index contributed by atoms with van der Waals surface area (Å²) < 4.78 is 3.75. The van der Waals surface area contributed by atoms with Crippen molar-refractivity contribution < 1.29 is 0 Å². The second-order valence-electron chi connectivity index (χ2n) is 2.98. The molecule has 2 rings (SSSR count). The zero-order valence-corrected chi connectivity index (χ0v) is 8.17. The van der Waals surface area contributed by atoms with Crippen LogP contribution in [0.5, 0.6) is 0 Å². The molecule has 1 N–H and O–H groups in total. The van der Waals surface area contributed by atoms with Gasteiger partial charge in [0, 0.05) is 5.92 Å². The Morgan fingerprint density at radius 3 is 2.85 bits per heavy atom. The Balaban J connectivity index is 2.33. The highest BCUT2D eigenvalue weighted by molar-refractivity contribution is 7.09. The minimum Gasteiger partial charge on any atom is -0.262 e. The molecular formula is C7H9N5S. The molecule has 0 fully saturated rings. The van der Waals surface area contributed by atoms with Crippen molar-refractivity contribution in [2.75, 3.05) is 0 Å². The Morgan fingerprint density at radius 2 is 2.31 bits per heavy atom. The molecule has 2 heterocycles. The van der Waals surface area contributed by atoms with Crippen LogP contribution >= 0.6 is 11.5 Å². The Kier molecular flexibility index (Phi) is 2.05. The second-order valence-corrected chi connectivity index (χ2v) is 3.77. The highest BCUT2D eigenvalue weighted by Crippen LogP contribution is 2.18. The lowest BCUT2D eigenvalue weighted by Gasteiger charge is -1.94. The highest BCUT2D eigenvalue weighted by atomic mass is 32.1. The molecule has 68 valence electrons. The molecule has 0 aliphatic carbocycles. The fourth-order valence-electron chi connectivity index (χ4n) is 0.908. The number of rotatable bonds is 2. The van der Waals surface area contributed by atoms with Crippen LogP contribution in [0.4, 0.5) is 0 Å². The lowest BCUT2D eigenvalue weighted by atomic mass is 10.2. The van der Waals surface area contributed by atoms with E-state index in [1.807, 2.05) is 0 Å². The molecule has 2 aromatic heterocycles. The summed E-state index contributed by atoms with van der Waals surface area (Å²) in [5.74, 6) is 1.93. The summed E-state index contributed by atoms with van der Waals surface area (Å²) in [5, 5.41) is 10.7. The average Bonchev–Trinajstić information content (AvgIpc) is 2.75. The van der Waals surface area contributed by atoms with E-state index in [4.69, 9.17) is 0 Å². The van der Waals surface area contributed by atoms with E-state index in [-0.39, 0.29) is 0 Å². The van der Waals surface area contributed by atoms with E-state index in [1.54, 1.807) is 6.20 Å². The van der Waals surface area contributed by atoms with Gasteiger partial charge in [0.2, 0.25) is 0 Å². The molecule has 0 saturated carbocycles. The number of hydrogen-bond donors (Lipinski definition) is 1. The molecule has 0 spiro atoms. The van der Waals surface area contributed by atoms with Gasteiger partial charge in [-0.3, -0.25) is 5.10 Å². The van der Waals surface area contributed by atoms with Crippen molar-refractivity contribution in [2.45, 2.75) is 19.8 Å². The number of nitrogens with one attached hydrogen (secondary N) is 1. The molecule has 0 aromatic carbocycles. The van der Waals surface area contributed by atoms with Gasteiger partial charge in [-0.05, 0) is 11.5 Å². The molecule has 0 aliphatic heterocycles. The largest absolute Gasteiger partial charge is 0.262 e. The number of nitrogens with zero attached hydrogens (tertiary/aromatic N) is 4. The minimum absolute atomic E-state index is 0.363. The summed E-state index contributed by atoms with van der Waals surface area (Å²) in [6.07, 6.45) is 1.66. The summed E-state index contributed by atoms with van der Waals surface area (Å²) in [4.78, 5) is 5.21. The Hall–Kier alpha value is -1.30. The number of aromatic nitrogens is 5. The van der Waals surface area contributed by atoms with Crippen molar-refractivity contribution >= 4 is 11.5 Å². The number of H-pyrrole nitrogens is 1. The molecule has 2 aromatic rings. The molecule has 0 saturated heterocycles. The fraction of sp³-hybridized carbons (Fsp3) is 0.429. The van der Waals surface area contributed by atoms with Crippen LogP contribution < -0.4 is 0 Å². The normalized spacial score (nSPS) is 11.0. The van der Waals surface area contributed by atoms with Crippen molar-refractivity contribution in [1.29, 1.82) is 0 Å². The third-order valence-corrected chi connectivity index (χ3v) is 2.29. The van der Waals surface area contributed by atoms with Gasteiger partial charge in [0.05, 0.1) is 6.20 Å². The Bertz CT molecular complexity index is 377. The van der Waals surface area contributed by atoms with Crippen LogP contribution in [0.2, 0.25) is 0 Å². The first-order valence-corrected chi connectivity index (χ1v) is 4.74. The smallest absolute Gasteiger partial charge is 0.194 e. The highest BCUT2D eigenvalue weighted by Gasteiger charge is 2.09. The average molecular weight is 195 g/mol. The molecule has 0 unspecified atom stereocenters. The molecule has 0 amide bonds. The van der Waals surface area contributed by atoms with E-state index in [0.29, 0.717) is 11.7 Å². The van der Waals surface area contributed by atoms with E-state index >= 15 is 0 Å². The maximum Gasteiger partial charge on any atom is 0.194 e. The number of hydrogen-bond acceptors (Lipinski definition) is 5. The van der Waals surface area contributed by atoms with Gasteiger partial charge in [0.25, 0.3) is 0 Å². The van der Waals surface area contributed by atoms with E-state index in [0.717, 1.165) is 10.7 Å². The van der Waals surface area contributed by atoms with Gasteiger partial charge in [-0.15, -0.1) is 5.10 Å². The van der Waals surface area contributed by atoms with E-state index in [9.17, 15) is 0 Å². The van der Waals surface area contributed by atoms with E-state index < -0.39 is 0 Å². The van der Waals surface area contributed by atoms with Gasteiger partial charge in [-0.2, -0.15) is 5.10 Å². The predicted molar refractivity (Wildman–Crippen MR) is 49.4 cm³/mol. The second kappa shape index (κ2) is 3.21. The summed E-state index contributed by atoms with van der Waals surface area (Å²) in [7, 11) is 0. The standard InChI is InChI=1S/C7H9N5S/c1-4(2)6-9-7(11-10-6)5-3-8-12-13-5/h3-4H,1-2H3,(H,9,10,11). The SMILES string of the molecule is CC(C)c1nc(-c2cnns2)n[nH]1. The number of aromatic amines is 1. The summed E-state index contributed by atoms with van der Waals surface area (Å²) in [6.45, 7) is 4.13. The van der Waals surface area contributed by atoms with Gasteiger partial charge in [-0.25, -0.2) is 4.98 Å². The van der Waals surface area contributed by atoms with Crippen LogP contribution in [0.3, 0.4) is 0 Å². The summed E-state index contributed by atoms with van der Waals surface area (Å²) >= 11 is 1.29. The quantitative estimate of drug-likeness (QED) is 0.787. The minimum atomic E-state index is 0.363. The zero-order valence-electron chi connectivity index (χ0n) is 7.35. The van der Waals surface area contributed by atoms with Gasteiger partial charge < -0.3 is 0 Å². The Morgan fingerprint density at radius 1 is 1.46 bits per heavy atom. The molecule has 6 heteroatoms. The van der Waals surface area contributed by atoms with Crippen LogP contribution in [-0.4, -0.2) is 24.8 Å². The zero-order chi connectivity index (χ0) is 9.26.